The molecule has 0 aliphatic carbocycles. The van der Waals surface area contributed by atoms with Gasteiger partial charge in [-0.25, -0.2) is 0 Å². The predicted octanol–water partition coefficient (Wildman–Crippen LogP) is 1.49. The average molecular weight is 237 g/mol. The molecule has 2 aromatic heterocycles. The van der Waals surface area contributed by atoms with Gasteiger partial charge in [0.05, 0.1) is 17.4 Å². The molecule has 0 amide bonds. The van der Waals surface area contributed by atoms with E-state index in [-0.39, 0.29) is 5.82 Å². The zero-order valence-electron chi connectivity index (χ0n) is 9.11. The molecule has 0 aliphatic rings. The summed E-state index contributed by atoms with van der Waals surface area (Å²) in [5.74, 6) is 0.841. The summed E-state index contributed by atoms with van der Waals surface area (Å²) in [6.07, 6.45) is 0.832. The highest BCUT2D eigenvalue weighted by molar-refractivity contribution is 5.15. The molecule has 0 bridgehead atoms. The Balaban J connectivity index is 2.11. The summed E-state index contributed by atoms with van der Waals surface area (Å²) < 4.78 is 6.74. The van der Waals surface area contributed by atoms with E-state index in [0.29, 0.717) is 18.1 Å². The normalized spacial score (nSPS) is 12.6. The Morgan fingerprint density at radius 3 is 2.88 bits per heavy atom. The van der Waals surface area contributed by atoms with Crippen molar-refractivity contribution < 1.29 is 14.4 Å². The first-order valence-corrected chi connectivity index (χ1v) is 5.01. The molecular formula is C10H11N3O4. The molecule has 90 valence electrons. The first-order chi connectivity index (χ1) is 8.06. The van der Waals surface area contributed by atoms with Crippen molar-refractivity contribution in [3.8, 4) is 0 Å². The molecule has 0 saturated carbocycles. The second-order valence-electron chi connectivity index (χ2n) is 3.61. The zero-order valence-corrected chi connectivity index (χ0v) is 9.11. The van der Waals surface area contributed by atoms with Gasteiger partial charge in [0.1, 0.15) is 24.2 Å². The van der Waals surface area contributed by atoms with Crippen LogP contribution in [-0.2, 0) is 6.54 Å². The Labute approximate surface area is 96.4 Å². The topological polar surface area (TPSA) is 94.3 Å². The highest BCUT2D eigenvalue weighted by atomic mass is 16.6. The molecule has 0 fully saturated rings. The molecule has 0 aromatic carbocycles. The van der Waals surface area contributed by atoms with E-state index in [0.717, 1.165) is 0 Å². The van der Waals surface area contributed by atoms with E-state index in [2.05, 4.69) is 5.10 Å². The first kappa shape index (κ1) is 11.3. The highest BCUT2D eigenvalue weighted by Gasteiger charge is 2.13. The second kappa shape index (κ2) is 4.38. The fourth-order valence-electron chi connectivity index (χ4n) is 1.40. The number of furan rings is 1. The lowest BCUT2D eigenvalue weighted by Crippen LogP contribution is -2.00. The monoisotopic (exact) mass is 237 g/mol. The van der Waals surface area contributed by atoms with Gasteiger partial charge in [-0.2, -0.15) is 4.68 Å². The molecule has 0 radical (unpaired) electrons. The van der Waals surface area contributed by atoms with E-state index < -0.39 is 11.0 Å². The number of nitro groups is 1. The molecule has 1 N–H and O–H groups in total. The van der Waals surface area contributed by atoms with Crippen LogP contribution in [0.1, 0.15) is 24.5 Å². The first-order valence-electron chi connectivity index (χ1n) is 5.01. The lowest BCUT2D eigenvalue weighted by atomic mass is 10.3. The molecule has 7 heteroatoms. The van der Waals surface area contributed by atoms with Gasteiger partial charge in [-0.05, 0) is 24.0 Å². The van der Waals surface area contributed by atoms with Gasteiger partial charge in [0, 0.05) is 0 Å². The summed E-state index contributed by atoms with van der Waals surface area (Å²) in [6, 6.07) is 4.69. The van der Waals surface area contributed by atoms with Crippen LogP contribution < -0.4 is 0 Å². The third-order valence-corrected chi connectivity index (χ3v) is 2.23. The van der Waals surface area contributed by atoms with Crippen molar-refractivity contribution >= 4 is 5.82 Å². The summed E-state index contributed by atoms with van der Waals surface area (Å²) in [7, 11) is 0. The van der Waals surface area contributed by atoms with E-state index in [1.165, 1.54) is 16.9 Å². The lowest BCUT2D eigenvalue weighted by molar-refractivity contribution is -0.389. The van der Waals surface area contributed by atoms with Crippen molar-refractivity contribution in [1.82, 2.24) is 9.78 Å². The van der Waals surface area contributed by atoms with Crippen molar-refractivity contribution in [2.45, 2.75) is 19.6 Å². The number of aliphatic hydroxyl groups excluding tert-OH is 1. The molecule has 7 nitrogen and oxygen atoms in total. The largest absolute Gasteiger partial charge is 0.461 e. The Hall–Kier alpha value is -2.15. The minimum absolute atomic E-state index is 0.202. The van der Waals surface area contributed by atoms with Gasteiger partial charge in [0.25, 0.3) is 0 Å². The van der Waals surface area contributed by atoms with Gasteiger partial charge in [-0.3, -0.25) is 0 Å². The quantitative estimate of drug-likeness (QED) is 0.642. The van der Waals surface area contributed by atoms with Crippen LogP contribution in [0.3, 0.4) is 0 Å². The van der Waals surface area contributed by atoms with Gasteiger partial charge < -0.3 is 19.6 Å². The van der Waals surface area contributed by atoms with Gasteiger partial charge >= 0.3 is 5.82 Å². The van der Waals surface area contributed by atoms with E-state index in [4.69, 9.17) is 4.42 Å². The molecule has 1 unspecified atom stereocenters. The van der Waals surface area contributed by atoms with Gasteiger partial charge in [0.15, 0.2) is 0 Å². The van der Waals surface area contributed by atoms with Crippen LogP contribution in [0.2, 0.25) is 0 Å². The zero-order chi connectivity index (χ0) is 12.4. The van der Waals surface area contributed by atoms with Crippen LogP contribution in [-0.4, -0.2) is 19.8 Å². The number of nitrogens with zero attached hydrogens (tertiary/aromatic N) is 3. The number of hydrogen-bond acceptors (Lipinski definition) is 5. The summed E-state index contributed by atoms with van der Waals surface area (Å²) >= 11 is 0. The molecule has 2 rings (SSSR count). The van der Waals surface area contributed by atoms with Gasteiger partial charge in [-0.15, -0.1) is 0 Å². The summed E-state index contributed by atoms with van der Waals surface area (Å²) in [4.78, 5) is 9.88. The fraction of sp³-hybridized carbons (Fsp3) is 0.300. The van der Waals surface area contributed by atoms with Crippen molar-refractivity contribution in [1.29, 1.82) is 0 Å². The molecule has 17 heavy (non-hydrogen) atoms. The molecule has 2 aromatic rings. The summed E-state index contributed by atoms with van der Waals surface area (Å²) in [6.45, 7) is 1.89. The van der Waals surface area contributed by atoms with Crippen molar-refractivity contribution in [2.24, 2.45) is 0 Å². The molecule has 0 saturated heterocycles. The smallest absolute Gasteiger partial charge is 0.389 e. The SMILES string of the molecule is CC(O)c1ccc(Cn2ccc([N+](=O)[O-])n2)o1. The van der Waals surface area contributed by atoms with Crippen LogP contribution in [0.4, 0.5) is 5.82 Å². The standard InChI is InChI=1S/C10H11N3O4/c1-7(14)9-3-2-8(17-9)6-12-5-4-10(11-12)13(15)16/h2-5,7,14H,6H2,1H3. The maximum atomic E-state index is 10.4. The summed E-state index contributed by atoms with van der Waals surface area (Å²) in [5, 5.41) is 23.5. The third-order valence-electron chi connectivity index (χ3n) is 2.23. The maximum Gasteiger partial charge on any atom is 0.389 e. The Morgan fingerprint density at radius 1 is 1.59 bits per heavy atom. The predicted molar refractivity (Wildman–Crippen MR) is 57.3 cm³/mol. The fourth-order valence-corrected chi connectivity index (χ4v) is 1.40. The Bertz CT molecular complexity index is 529. The molecule has 2 heterocycles. The van der Waals surface area contributed by atoms with Crippen molar-refractivity contribution in [2.75, 3.05) is 0 Å². The van der Waals surface area contributed by atoms with Gasteiger partial charge in [0.2, 0.25) is 0 Å². The Morgan fingerprint density at radius 2 is 2.35 bits per heavy atom. The van der Waals surface area contributed by atoms with Crippen molar-refractivity contribution in [3.63, 3.8) is 0 Å². The molecule has 1 atom stereocenters. The highest BCUT2D eigenvalue weighted by Crippen LogP contribution is 2.17. The van der Waals surface area contributed by atoms with Gasteiger partial charge in [-0.1, -0.05) is 0 Å². The van der Waals surface area contributed by atoms with Crippen LogP contribution >= 0.6 is 0 Å². The molecule has 0 aliphatic heterocycles. The van der Waals surface area contributed by atoms with E-state index in [1.54, 1.807) is 19.1 Å². The Kier molecular flexibility index (Phi) is 2.92. The number of hydrogen-bond donors (Lipinski definition) is 1. The van der Waals surface area contributed by atoms with Crippen LogP contribution in [0.15, 0.2) is 28.8 Å². The van der Waals surface area contributed by atoms with E-state index >= 15 is 0 Å². The number of aliphatic hydroxyl groups is 1. The third kappa shape index (κ3) is 2.51. The van der Waals surface area contributed by atoms with Crippen molar-refractivity contribution in [3.05, 3.63) is 46.0 Å². The maximum absolute atomic E-state index is 10.4. The average Bonchev–Trinajstić information content (AvgIpc) is 2.87. The van der Waals surface area contributed by atoms with Crippen LogP contribution in [0.25, 0.3) is 0 Å². The van der Waals surface area contributed by atoms with E-state index in [1.807, 2.05) is 0 Å². The van der Waals surface area contributed by atoms with E-state index in [9.17, 15) is 15.2 Å². The second-order valence-corrected chi connectivity index (χ2v) is 3.61. The minimum atomic E-state index is -0.671. The minimum Gasteiger partial charge on any atom is -0.461 e. The molecular weight excluding hydrogens is 226 g/mol. The van der Waals surface area contributed by atoms with Crippen LogP contribution in [0.5, 0.6) is 0 Å². The lowest BCUT2D eigenvalue weighted by Gasteiger charge is -1.97. The van der Waals surface area contributed by atoms with Crippen LogP contribution in [0, 0.1) is 10.1 Å². The summed E-state index contributed by atoms with van der Waals surface area (Å²) in [5.41, 5.74) is 0. The number of aromatic nitrogens is 2. The molecule has 0 spiro atoms. The number of rotatable bonds is 4.